The Morgan fingerprint density at radius 3 is 3.00 bits per heavy atom. The van der Waals surface area contributed by atoms with Crippen LogP contribution < -0.4 is 5.32 Å². The van der Waals surface area contributed by atoms with E-state index in [-0.39, 0.29) is 23.1 Å². The molecular weight excluding hydrogens is 328 g/mol. The van der Waals surface area contributed by atoms with Crippen LogP contribution in [-0.2, 0) is 14.9 Å². The first kappa shape index (κ1) is 15.9. The summed E-state index contributed by atoms with van der Waals surface area (Å²) in [7, 11) is 3.82. The van der Waals surface area contributed by atoms with Crippen molar-refractivity contribution in [1.82, 2.24) is 0 Å². The lowest BCUT2D eigenvalue weighted by atomic mass is 9.61. The van der Waals surface area contributed by atoms with E-state index in [1.807, 2.05) is 12.1 Å². The number of nitrogens with zero attached hydrogens (tertiary/aromatic N) is 1. The molecule has 1 aromatic carbocycles. The Balaban J connectivity index is 1.85. The number of allylic oxidation sites excluding steroid dienone is 1. The first-order valence-electron chi connectivity index (χ1n) is 9.37. The van der Waals surface area contributed by atoms with E-state index in [0.717, 1.165) is 52.9 Å². The van der Waals surface area contributed by atoms with Gasteiger partial charge in [-0.15, -0.1) is 0 Å². The van der Waals surface area contributed by atoms with Gasteiger partial charge in [0.2, 0.25) is 0 Å². The van der Waals surface area contributed by atoms with Gasteiger partial charge in [0.25, 0.3) is 0 Å². The van der Waals surface area contributed by atoms with Crippen molar-refractivity contribution < 1.29 is 19.1 Å². The minimum absolute atomic E-state index is 0.125. The Hall–Kier alpha value is -2.27. The summed E-state index contributed by atoms with van der Waals surface area (Å²) in [6.07, 6.45) is 4.13. The molecule has 3 heterocycles. The van der Waals surface area contributed by atoms with Crippen LogP contribution in [0.15, 0.2) is 41.1 Å². The summed E-state index contributed by atoms with van der Waals surface area (Å²) in [5.74, 6) is 0.184. The number of methoxy groups -OCH3 is 1. The molecule has 2 bridgehead atoms. The van der Waals surface area contributed by atoms with Crippen molar-refractivity contribution in [3.63, 3.8) is 0 Å². The number of aromatic hydroxyl groups is 1. The fourth-order valence-corrected chi connectivity index (χ4v) is 6.26. The fourth-order valence-electron chi connectivity index (χ4n) is 6.26. The van der Waals surface area contributed by atoms with Gasteiger partial charge in [-0.05, 0) is 36.3 Å². The highest BCUT2D eigenvalue weighted by molar-refractivity contribution is 5.94. The van der Waals surface area contributed by atoms with Crippen molar-refractivity contribution in [2.75, 3.05) is 32.6 Å². The number of carbonyl (C=O) groups is 1. The van der Waals surface area contributed by atoms with Gasteiger partial charge in [0.15, 0.2) is 0 Å². The zero-order valence-electron chi connectivity index (χ0n) is 15.5. The summed E-state index contributed by atoms with van der Waals surface area (Å²) in [5, 5.41) is 13.7. The lowest BCUT2D eigenvalue weighted by Gasteiger charge is -2.51. The van der Waals surface area contributed by atoms with E-state index in [1.54, 1.807) is 6.07 Å². The van der Waals surface area contributed by atoms with E-state index in [0.29, 0.717) is 6.04 Å². The number of fused-ring (bicyclic) bond motifs is 2. The number of nitrogens with one attached hydrogen (secondary N) is 1. The predicted molar refractivity (Wildman–Crippen MR) is 98.6 cm³/mol. The number of quaternary nitrogens is 1. The van der Waals surface area contributed by atoms with Crippen molar-refractivity contribution >= 4 is 11.7 Å². The standard InChI is InChI=1S/C21H24N2O3/c1-4-12-11-23(2)8-7-21-15-9-13(24)5-6-16(15)22-19(21)18(20(25)26-3)14(12)10-17(21)23/h4-6,9,14,17H,7-8,10-11H2,1-3H3,(H-,22,24,25)/p+1/b12-4+. The van der Waals surface area contributed by atoms with Gasteiger partial charge in [-0.2, -0.15) is 0 Å². The quantitative estimate of drug-likeness (QED) is 0.353. The summed E-state index contributed by atoms with van der Waals surface area (Å²) in [4.78, 5) is 12.8. The van der Waals surface area contributed by atoms with Gasteiger partial charge in [-0.1, -0.05) is 6.08 Å². The molecule has 5 nitrogen and oxygen atoms in total. The highest BCUT2D eigenvalue weighted by Crippen LogP contribution is 2.63. The number of hydrogen-bond donors (Lipinski definition) is 2. The fraction of sp³-hybridized carbons (Fsp3) is 0.476. The monoisotopic (exact) mass is 353 g/mol. The number of ether oxygens (including phenoxy) is 1. The molecule has 5 heteroatoms. The lowest BCUT2D eigenvalue weighted by Crippen LogP contribution is -2.61. The molecule has 0 saturated carbocycles. The van der Waals surface area contributed by atoms with Crippen LogP contribution in [0.3, 0.4) is 0 Å². The largest absolute Gasteiger partial charge is 0.508 e. The van der Waals surface area contributed by atoms with E-state index >= 15 is 0 Å². The van der Waals surface area contributed by atoms with Crippen molar-refractivity contribution in [3.8, 4) is 5.75 Å². The van der Waals surface area contributed by atoms with E-state index in [4.69, 9.17) is 4.74 Å². The van der Waals surface area contributed by atoms with Gasteiger partial charge in [-0.3, -0.25) is 0 Å². The molecule has 26 heavy (non-hydrogen) atoms. The average Bonchev–Trinajstić information content (AvgIpc) is 3.14. The van der Waals surface area contributed by atoms with Crippen LogP contribution in [0.1, 0.15) is 25.3 Å². The van der Waals surface area contributed by atoms with E-state index in [2.05, 4.69) is 25.4 Å². The van der Waals surface area contributed by atoms with E-state index in [1.165, 1.54) is 12.7 Å². The van der Waals surface area contributed by atoms with Crippen LogP contribution in [0.4, 0.5) is 5.69 Å². The minimum Gasteiger partial charge on any atom is -0.508 e. The normalized spacial score (nSPS) is 38.0. The number of likely N-dealkylation sites (N-methyl/N-ethyl adjacent to an activating group) is 1. The van der Waals surface area contributed by atoms with E-state index in [9.17, 15) is 9.90 Å². The van der Waals surface area contributed by atoms with Crippen LogP contribution in [0.5, 0.6) is 5.75 Å². The minimum atomic E-state index is -0.227. The number of piperidine rings is 1. The van der Waals surface area contributed by atoms with E-state index < -0.39 is 0 Å². The molecule has 4 unspecified atom stereocenters. The maximum Gasteiger partial charge on any atom is 0.336 e. The van der Waals surface area contributed by atoms with Crippen molar-refractivity contribution in [1.29, 1.82) is 0 Å². The Kier molecular flexibility index (Phi) is 3.01. The molecule has 2 saturated heterocycles. The topological polar surface area (TPSA) is 58.6 Å². The third-order valence-corrected chi connectivity index (χ3v) is 7.37. The number of hydrogen-bond acceptors (Lipinski definition) is 4. The van der Waals surface area contributed by atoms with Crippen LogP contribution in [0.2, 0.25) is 0 Å². The Morgan fingerprint density at radius 2 is 2.27 bits per heavy atom. The summed E-state index contributed by atoms with van der Waals surface area (Å²) in [6.45, 7) is 4.13. The Morgan fingerprint density at radius 1 is 1.46 bits per heavy atom. The maximum absolute atomic E-state index is 12.8. The van der Waals surface area contributed by atoms with Crippen molar-refractivity contribution in [2.24, 2.45) is 5.92 Å². The second-order valence-electron chi connectivity index (χ2n) is 8.39. The first-order chi connectivity index (χ1) is 12.4. The van der Waals surface area contributed by atoms with Gasteiger partial charge in [0.05, 0.1) is 31.7 Å². The molecule has 4 aliphatic rings. The number of phenolic OH excluding ortho intramolecular Hbond substituents is 1. The Labute approximate surface area is 153 Å². The smallest absolute Gasteiger partial charge is 0.336 e. The highest BCUT2D eigenvalue weighted by Gasteiger charge is 2.68. The molecule has 0 amide bonds. The van der Waals surface area contributed by atoms with Gasteiger partial charge < -0.3 is 19.6 Å². The number of esters is 1. The van der Waals surface area contributed by atoms with Gasteiger partial charge in [0, 0.05) is 30.1 Å². The van der Waals surface area contributed by atoms with Gasteiger partial charge >= 0.3 is 5.97 Å². The third-order valence-electron chi connectivity index (χ3n) is 7.37. The number of rotatable bonds is 1. The molecule has 2 N–H and O–H groups in total. The summed E-state index contributed by atoms with van der Waals surface area (Å²) < 4.78 is 6.22. The second-order valence-corrected chi connectivity index (χ2v) is 8.39. The van der Waals surface area contributed by atoms with Crippen LogP contribution in [0.25, 0.3) is 0 Å². The summed E-state index contributed by atoms with van der Waals surface area (Å²) in [6, 6.07) is 5.95. The first-order valence-corrected chi connectivity index (χ1v) is 9.37. The molecule has 0 radical (unpaired) electrons. The molecule has 5 rings (SSSR count). The zero-order valence-corrected chi connectivity index (χ0v) is 15.5. The third kappa shape index (κ3) is 1.67. The molecule has 2 fully saturated rings. The molecule has 4 atom stereocenters. The Bertz CT molecular complexity index is 903. The predicted octanol–water partition coefficient (Wildman–Crippen LogP) is 2.68. The molecule has 3 aliphatic heterocycles. The number of anilines is 1. The summed E-state index contributed by atoms with van der Waals surface area (Å²) in [5.41, 5.74) is 5.09. The average molecular weight is 353 g/mol. The number of benzene rings is 1. The molecule has 1 spiro atoms. The van der Waals surface area contributed by atoms with Crippen LogP contribution >= 0.6 is 0 Å². The molecule has 1 aromatic rings. The van der Waals surface area contributed by atoms with Crippen LogP contribution in [-0.4, -0.2) is 48.8 Å². The maximum atomic E-state index is 12.8. The van der Waals surface area contributed by atoms with Gasteiger partial charge in [0.1, 0.15) is 18.3 Å². The second kappa shape index (κ2) is 4.92. The molecule has 0 aromatic heterocycles. The van der Waals surface area contributed by atoms with Gasteiger partial charge in [-0.25, -0.2) is 4.79 Å². The summed E-state index contributed by atoms with van der Waals surface area (Å²) >= 11 is 0. The SMILES string of the molecule is C/C=C1\C[N+]2(C)CCC34C(=C(C(=O)OC)C1CC32)Nc1ccc(O)cc14. The van der Waals surface area contributed by atoms with Crippen molar-refractivity contribution in [3.05, 3.63) is 46.7 Å². The van der Waals surface area contributed by atoms with Crippen molar-refractivity contribution in [2.45, 2.75) is 31.2 Å². The highest BCUT2D eigenvalue weighted by atomic mass is 16.5. The molecule has 136 valence electrons. The van der Waals surface area contributed by atoms with Crippen LogP contribution in [0, 0.1) is 5.92 Å². The molecular formula is C21H25N2O3+. The number of carbonyl (C=O) groups excluding carboxylic acids is 1. The number of phenols is 1. The zero-order chi connectivity index (χ0) is 18.3. The molecule has 1 aliphatic carbocycles. The lowest BCUT2D eigenvalue weighted by molar-refractivity contribution is -0.923.